The molecule has 3 rings (SSSR count). The lowest BCUT2D eigenvalue weighted by Crippen LogP contribution is -2.24. The van der Waals surface area contributed by atoms with Gasteiger partial charge < -0.3 is 4.90 Å². The van der Waals surface area contributed by atoms with Crippen LogP contribution in [-0.4, -0.2) is 23.7 Å². The molecule has 0 fully saturated rings. The van der Waals surface area contributed by atoms with Gasteiger partial charge in [-0.3, -0.25) is 19.7 Å². The van der Waals surface area contributed by atoms with Crippen LogP contribution in [0.15, 0.2) is 30.3 Å². The van der Waals surface area contributed by atoms with Gasteiger partial charge in [-0.05, 0) is 6.07 Å². The molecule has 0 saturated carbocycles. The van der Waals surface area contributed by atoms with Gasteiger partial charge in [0.15, 0.2) is 0 Å². The first kappa shape index (κ1) is 11.3. The molecule has 1 amide bonds. The topological polar surface area (TPSA) is 80.5 Å². The maximum absolute atomic E-state index is 11.8. The first-order valence-corrected chi connectivity index (χ1v) is 5.55. The Labute approximate surface area is 107 Å². The second-order valence-electron chi connectivity index (χ2n) is 4.29. The summed E-state index contributed by atoms with van der Waals surface area (Å²) in [6, 6.07) is 7.85. The summed E-state index contributed by atoms with van der Waals surface area (Å²) in [6.07, 6.45) is 0. The molecule has 0 radical (unpaired) electrons. The molecule has 2 aromatic rings. The Kier molecular flexibility index (Phi) is 2.16. The van der Waals surface area contributed by atoms with Crippen LogP contribution in [0.5, 0.6) is 0 Å². The number of hydrogen-bond acceptors (Lipinski definition) is 4. The molecular weight excluding hydrogens is 248 g/mol. The highest BCUT2D eigenvalue weighted by Gasteiger charge is 2.37. The van der Waals surface area contributed by atoms with Gasteiger partial charge in [0.1, 0.15) is 0 Å². The number of nitro groups is 1. The average molecular weight is 256 g/mol. The third-order valence-electron chi connectivity index (χ3n) is 3.27. The molecule has 0 unspecified atom stereocenters. The van der Waals surface area contributed by atoms with Gasteiger partial charge in [0.2, 0.25) is 0 Å². The zero-order chi connectivity index (χ0) is 13.7. The number of nitro benzene ring substituents is 1. The van der Waals surface area contributed by atoms with Crippen molar-refractivity contribution in [1.29, 1.82) is 0 Å². The van der Waals surface area contributed by atoms with E-state index in [1.54, 1.807) is 24.3 Å². The minimum atomic E-state index is -0.702. The van der Waals surface area contributed by atoms with Gasteiger partial charge in [0, 0.05) is 18.5 Å². The molecule has 19 heavy (non-hydrogen) atoms. The van der Waals surface area contributed by atoms with Crippen LogP contribution in [0.25, 0.3) is 10.8 Å². The second kappa shape index (κ2) is 3.61. The van der Waals surface area contributed by atoms with Crippen LogP contribution in [0.2, 0.25) is 0 Å². The largest absolute Gasteiger partial charge is 0.307 e. The van der Waals surface area contributed by atoms with Crippen molar-refractivity contribution in [1.82, 2.24) is 0 Å². The molecule has 6 heteroatoms. The molecular formula is C13H8N2O4. The number of hydrogen-bond donors (Lipinski definition) is 0. The van der Waals surface area contributed by atoms with E-state index < -0.39 is 16.6 Å². The molecule has 94 valence electrons. The van der Waals surface area contributed by atoms with Gasteiger partial charge >= 0.3 is 0 Å². The van der Waals surface area contributed by atoms with Crippen molar-refractivity contribution < 1.29 is 14.5 Å². The third kappa shape index (κ3) is 1.36. The fraction of sp³-hybridized carbons (Fsp3) is 0.0769. The van der Waals surface area contributed by atoms with Crippen molar-refractivity contribution in [3.63, 3.8) is 0 Å². The van der Waals surface area contributed by atoms with Gasteiger partial charge in [-0.2, -0.15) is 0 Å². The molecule has 6 nitrogen and oxygen atoms in total. The van der Waals surface area contributed by atoms with Gasteiger partial charge in [-0.25, -0.2) is 0 Å². The number of non-ortho nitro benzene ring substituents is 1. The Hall–Kier alpha value is -2.76. The second-order valence-corrected chi connectivity index (χ2v) is 4.29. The number of rotatable bonds is 1. The standard InChI is InChI=1S/C13H8N2O4/c1-14-11-8-5-3-2-4-7(8)10(15(18)19)6-9(11)12(16)13(14)17/h2-6H,1H3. The smallest absolute Gasteiger partial charge is 0.299 e. The van der Waals surface area contributed by atoms with Crippen LogP contribution < -0.4 is 4.90 Å². The predicted molar refractivity (Wildman–Crippen MR) is 68.3 cm³/mol. The highest BCUT2D eigenvalue weighted by molar-refractivity contribution is 6.53. The summed E-state index contributed by atoms with van der Waals surface area (Å²) in [4.78, 5) is 35.3. The number of carbonyl (C=O) groups excluding carboxylic acids is 2. The molecule has 0 aliphatic carbocycles. The van der Waals surface area contributed by atoms with Crippen LogP contribution in [0.1, 0.15) is 10.4 Å². The lowest BCUT2D eigenvalue weighted by Gasteiger charge is -2.12. The minimum absolute atomic E-state index is 0.0953. The summed E-state index contributed by atoms with van der Waals surface area (Å²) >= 11 is 0. The Morgan fingerprint density at radius 3 is 2.42 bits per heavy atom. The van der Waals surface area contributed by atoms with Crippen LogP contribution in [0, 0.1) is 10.1 Å². The molecule has 0 atom stereocenters. The Morgan fingerprint density at radius 2 is 1.79 bits per heavy atom. The highest BCUT2D eigenvalue weighted by atomic mass is 16.6. The van der Waals surface area contributed by atoms with Crippen LogP contribution in [0.3, 0.4) is 0 Å². The summed E-state index contributed by atoms with van der Waals surface area (Å²) in [5.74, 6) is -1.37. The average Bonchev–Trinajstić information content (AvgIpc) is 2.63. The van der Waals surface area contributed by atoms with E-state index in [4.69, 9.17) is 0 Å². The number of anilines is 1. The lowest BCUT2D eigenvalue weighted by molar-refractivity contribution is -0.383. The number of carbonyl (C=O) groups is 2. The van der Waals surface area contributed by atoms with Gasteiger partial charge in [0.05, 0.1) is 21.6 Å². The molecule has 0 bridgehead atoms. The molecule has 0 aromatic heterocycles. The van der Waals surface area contributed by atoms with Crippen molar-refractivity contribution in [2.45, 2.75) is 0 Å². The van der Waals surface area contributed by atoms with Gasteiger partial charge in [-0.1, -0.05) is 18.2 Å². The van der Waals surface area contributed by atoms with E-state index in [1.165, 1.54) is 18.0 Å². The fourth-order valence-electron chi connectivity index (χ4n) is 2.40. The van der Waals surface area contributed by atoms with E-state index in [1.807, 2.05) is 0 Å². The highest BCUT2D eigenvalue weighted by Crippen LogP contribution is 2.40. The number of benzene rings is 2. The summed E-state index contributed by atoms with van der Waals surface area (Å²) < 4.78 is 0. The number of amides is 1. The molecule has 1 aliphatic rings. The van der Waals surface area contributed by atoms with E-state index in [2.05, 4.69) is 0 Å². The number of fused-ring (bicyclic) bond motifs is 3. The van der Waals surface area contributed by atoms with E-state index in [0.29, 0.717) is 16.5 Å². The zero-order valence-electron chi connectivity index (χ0n) is 9.91. The molecule has 0 N–H and O–H groups in total. The van der Waals surface area contributed by atoms with E-state index in [-0.39, 0.29) is 11.3 Å². The molecule has 0 saturated heterocycles. The monoisotopic (exact) mass is 256 g/mol. The zero-order valence-corrected chi connectivity index (χ0v) is 9.91. The van der Waals surface area contributed by atoms with Crippen molar-refractivity contribution >= 4 is 33.8 Å². The summed E-state index contributed by atoms with van der Waals surface area (Å²) in [5.41, 5.74) is 0.375. The van der Waals surface area contributed by atoms with Crippen molar-refractivity contribution in [2.24, 2.45) is 0 Å². The maximum atomic E-state index is 11.8. The number of likely N-dealkylation sites (N-methyl/N-ethyl adjacent to an activating group) is 1. The number of ketones is 1. The quantitative estimate of drug-likeness (QED) is 0.443. The Balaban J connectivity index is 2.50. The normalized spacial score (nSPS) is 14.1. The van der Waals surface area contributed by atoms with Crippen LogP contribution in [-0.2, 0) is 4.79 Å². The minimum Gasteiger partial charge on any atom is -0.307 e. The number of nitrogens with zero attached hydrogens (tertiary/aromatic N) is 2. The van der Waals surface area contributed by atoms with Crippen molar-refractivity contribution in [3.05, 3.63) is 46.0 Å². The summed E-state index contributed by atoms with van der Waals surface area (Å²) in [5, 5.41) is 12.0. The first-order chi connectivity index (χ1) is 9.02. The molecule has 2 aromatic carbocycles. The molecule has 1 heterocycles. The van der Waals surface area contributed by atoms with E-state index >= 15 is 0 Å². The summed E-state index contributed by atoms with van der Waals surface area (Å²) in [6.45, 7) is 0. The van der Waals surface area contributed by atoms with Crippen molar-refractivity contribution in [2.75, 3.05) is 11.9 Å². The van der Waals surface area contributed by atoms with Gasteiger partial charge in [-0.15, -0.1) is 0 Å². The Bertz CT molecular complexity index is 767. The molecule has 1 aliphatic heterocycles. The van der Waals surface area contributed by atoms with E-state index in [9.17, 15) is 19.7 Å². The first-order valence-electron chi connectivity index (χ1n) is 5.55. The Morgan fingerprint density at radius 1 is 1.16 bits per heavy atom. The SMILES string of the molecule is CN1C(=O)C(=O)c2cc([N+](=O)[O-])c3ccccc3c21. The fourth-order valence-corrected chi connectivity index (χ4v) is 2.40. The van der Waals surface area contributed by atoms with Gasteiger partial charge in [0.25, 0.3) is 17.4 Å². The lowest BCUT2D eigenvalue weighted by atomic mass is 10.0. The third-order valence-corrected chi connectivity index (χ3v) is 3.27. The predicted octanol–water partition coefficient (Wildman–Crippen LogP) is 1.91. The summed E-state index contributed by atoms with van der Waals surface area (Å²) in [7, 11) is 1.49. The van der Waals surface area contributed by atoms with Crippen LogP contribution >= 0.6 is 0 Å². The number of Topliss-reactive ketones (excluding diaryl/α,β-unsaturated/α-hetero) is 1. The maximum Gasteiger partial charge on any atom is 0.299 e. The van der Waals surface area contributed by atoms with E-state index in [0.717, 1.165) is 0 Å². The van der Waals surface area contributed by atoms with Crippen LogP contribution in [0.4, 0.5) is 11.4 Å². The molecule has 0 spiro atoms. The van der Waals surface area contributed by atoms with Crippen molar-refractivity contribution in [3.8, 4) is 0 Å².